The molecule has 0 aromatic carbocycles. The van der Waals surface area contributed by atoms with E-state index < -0.39 is 0 Å². The molecule has 1 aliphatic rings. The van der Waals surface area contributed by atoms with E-state index in [1.54, 1.807) is 18.5 Å². The van der Waals surface area contributed by atoms with Gasteiger partial charge in [0.1, 0.15) is 5.75 Å². The molecule has 1 fully saturated rings. The van der Waals surface area contributed by atoms with Crippen LogP contribution in [0, 0.1) is 5.92 Å². The summed E-state index contributed by atoms with van der Waals surface area (Å²) in [5, 5.41) is 0. The van der Waals surface area contributed by atoms with Gasteiger partial charge in [0, 0.05) is 23.7 Å². The van der Waals surface area contributed by atoms with E-state index in [-0.39, 0.29) is 17.7 Å². The molecule has 1 heterocycles. The van der Waals surface area contributed by atoms with Crippen LogP contribution in [0.25, 0.3) is 0 Å². The molecule has 0 amide bonds. The molecule has 1 aromatic heterocycles. The second-order valence-corrected chi connectivity index (χ2v) is 4.82. The number of Topliss-reactive ketones (excluding diaryl/α,β-unsaturated/α-hetero) is 1. The molecule has 2 unspecified atom stereocenters. The lowest BCUT2D eigenvalue weighted by atomic mass is 9.94. The molecule has 18 heavy (non-hydrogen) atoms. The van der Waals surface area contributed by atoms with Gasteiger partial charge in [-0.3, -0.25) is 9.78 Å². The van der Waals surface area contributed by atoms with Gasteiger partial charge in [-0.05, 0) is 25.3 Å². The van der Waals surface area contributed by atoms with Crippen molar-refractivity contribution >= 4 is 5.78 Å². The van der Waals surface area contributed by atoms with Gasteiger partial charge in [-0.2, -0.15) is 0 Å². The summed E-state index contributed by atoms with van der Waals surface area (Å²) in [4.78, 5) is 16.4. The minimum Gasteiger partial charge on any atom is -0.492 e. The summed E-state index contributed by atoms with van der Waals surface area (Å²) >= 11 is 0. The van der Waals surface area contributed by atoms with Crippen LogP contribution in [0.5, 0.6) is 5.75 Å². The van der Waals surface area contributed by atoms with Crippen LogP contribution in [0.3, 0.4) is 0 Å². The zero-order valence-corrected chi connectivity index (χ0v) is 10.8. The van der Waals surface area contributed by atoms with E-state index in [0.717, 1.165) is 25.7 Å². The third-order valence-corrected chi connectivity index (χ3v) is 3.38. The normalized spacial score (nSPS) is 23.0. The van der Waals surface area contributed by atoms with Crippen LogP contribution in [-0.4, -0.2) is 23.4 Å². The molecule has 1 saturated carbocycles. The lowest BCUT2D eigenvalue weighted by Gasteiger charge is -2.14. The van der Waals surface area contributed by atoms with Crippen molar-refractivity contribution in [2.45, 2.75) is 38.6 Å². The van der Waals surface area contributed by atoms with Gasteiger partial charge in [0.2, 0.25) is 0 Å². The third kappa shape index (κ3) is 2.88. The summed E-state index contributed by atoms with van der Waals surface area (Å²) in [6.45, 7) is 2.68. The number of ether oxygens (including phenoxy) is 1. The van der Waals surface area contributed by atoms with Crippen LogP contribution < -0.4 is 10.5 Å². The van der Waals surface area contributed by atoms with Crippen molar-refractivity contribution in [1.82, 2.24) is 4.98 Å². The second kappa shape index (κ2) is 5.96. The van der Waals surface area contributed by atoms with E-state index in [1.165, 1.54) is 0 Å². The van der Waals surface area contributed by atoms with Crippen molar-refractivity contribution in [2.24, 2.45) is 11.7 Å². The average Bonchev–Trinajstić information content (AvgIpc) is 2.82. The fourth-order valence-electron chi connectivity index (χ4n) is 2.38. The smallest absolute Gasteiger partial charge is 0.169 e. The third-order valence-electron chi connectivity index (χ3n) is 3.38. The Labute approximate surface area is 108 Å². The highest BCUT2D eigenvalue weighted by Gasteiger charge is 2.31. The Kier molecular flexibility index (Phi) is 4.31. The van der Waals surface area contributed by atoms with Gasteiger partial charge in [-0.25, -0.2) is 0 Å². The van der Waals surface area contributed by atoms with Crippen LogP contribution in [0.1, 0.15) is 43.0 Å². The van der Waals surface area contributed by atoms with Gasteiger partial charge in [-0.1, -0.05) is 13.3 Å². The number of carbonyl (C=O) groups is 1. The van der Waals surface area contributed by atoms with E-state index in [2.05, 4.69) is 4.98 Å². The molecular weight excluding hydrogens is 228 g/mol. The molecular formula is C14H20N2O2. The minimum absolute atomic E-state index is 0.00211. The number of ketones is 1. The largest absolute Gasteiger partial charge is 0.492 e. The van der Waals surface area contributed by atoms with E-state index in [9.17, 15) is 4.79 Å². The molecule has 0 spiro atoms. The fraction of sp³-hybridized carbons (Fsp3) is 0.571. The number of nitrogens with zero attached hydrogens (tertiary/aromatic N) is 1. The molecule has 0 bridgehead atoms. The van der Waals surface area contributed by atoms with E-state index in [0.29, 0.717) is 17.9 Å². The molecule has 0 aliphatic heterocycles. The Hall–Kier alpha value is -1.42. The summed E-state index contributed by atoms with van der Waals surface area (Å²) in [7, 11) is 0. The predicted molar refractivity (Wildman–Crippen MR) is 69.7 cm³/mol. The molecule has 4 heteroatoms. The maximum absolute atomic E-state index is 12.3. The Morgan fingerprint density at radius 1 is 1.50 bits per heavy atom. The Morgan fingerprint density at radius 3 is 3.00 bits per heavy atom. The zero-order chi connectivity index (χ0) is 13.0. The summed E-state index contributed by atoms with van der Waals surface area (Å²) < 4.78 is 5.49. The zero-order valence-electron chi connectivity index (χ0n) is 10.8. The molecule has 1 aliphatic carbocycles. The maximum Gasteiger partial charge on any atom is 0.169 e. The van der Waals surface area contributed by atoms with Crippen molar-refractivity contribution in [3.05, 3.63) is 24.0 Å². The molecule has 0 saturated heterocycles. The number of hydrogen-bond acceptors (Lipinski definition) is 4. The average molecular weight is 248 g/mol. The quantitative estimate of drug-likeness (QED) is 0.811. The van der Waals surface area contributed by atoms with Crippen LogP contribution in [0.15, 0.2) is 18.5 Å². The van der Waals surface area contributed by atoms with Crippen molar-refractivity contribution in [3.8, 4) is 5.75 Å². The SMILES string of the molecule is CCCOc1cncc(C(=O)C2CCCC2N)c1. The molecule has 1 aromatic rings. The van der Waals surface area contributed by atoms with Gasteiger partial charge >= 0.3 is 0 Å². The number of nitrogens with two attached hydrogens (primary N) is 1. The van der Waals surface area contributed by atoms with Crippen LogP contribution in [0.4, 0.5) is 0 Å². The van der Waals surface area contributed by atoms with Crippen LogP contribution >= 0.6 is 0 Å². The predicted octanol–water partition coefficient (Wildman–Crippen LogP) is 2.18. The molecule has 4 nitrogen and oxygen atoms in total. The number of rotatable bonds is 5. The van der Waals surface area contributed by atoms with Crippen molar-refractivity contribution in [3.63, 3.8) is 0 Å². The van der Waals surface area contributed by atoms with Crippen molar-refractivity contribution in [1.29, 1.82) is 0 Å². The maximum atomic E-state index is 12.3. The first-order valence-corrected chi connectivity index (χ1v) is 6.60. The monoisotopic (exact) mass is 248 g/mol. The van der Waals surface area contributed by atoms with Crippen molar-refractivity contribution in [2.75, 3.05) is 6.61 Å². The van der Waals surface area contributed by atoms with E-state index in [4.69, 9.17) is 10.5 Å². The van der Waals surface area contributed by atoms with Crippen LogP contribution in [0.2, 0.25) is 0 Å². The van der Waals surface area contributed by atoms with Gasteiger partial charge < -0.3 is 10.5 Å². The highest BCUT2D eigenvalue weighted by molar-refractivity contribution is 5.98. The van der Waals surface area contributed by atoms with Gasteiger partial charge in [0.25, 0.3) is 0 Å². The number of pyridine rings is 1. The highest BCUT2D eigenvalue weighted by Crippen LogP contribution is 2.28. The Bertz CT molecular complexity index is 420. The standard InChI is InChI=1S/C14H20N2O2/c1-2-6-18-11-7-10(8-16-9-11)14(17)12-4-3-5-13(12)15/h7-9,12-13H,2-6,15H2,1H3. The fourth-order valence-corrected chi connectivity index (χ4v) is 2.38. The molecule has 2 N–H and O–H groups in total. The summed E-state index contributed by atoms with van der Waals surface area (Å²) in [5.41, 5.74) is 6.58. The van der Waals surface area contributed by atoms with Crippen LogP contribution in [-0.2, 0) is 0 Å². The molecule has 2 rings (SSSR count). The summed E-state index contributed by atoms with van der Waals surface area (Å²) in [6.07, 6.45) is 7.05. The second-order valence-electron chi connectivity index (χ2n) is 4.82. The number of aromatic nitrogens is 1. The van der Waals surface area contributed by atoms with E-state index >= 15 is 0 Å². The molecule has 98 valence electrons. The Balaban J connectivity index is 2.10. The topological polar surface area (TPSA) is 65.2 Å². The van der Waals surface area contributed by atoms with Gasteiger partial charge in [-0.15, -0.1) is 0 Å². The van der Waals surface area contributed by atoms with Crippen molar-refractivity contribution < 1.29 is 9.53 Å². The molecule has 2 atom stereocenters. The van der Waals surface area contributed by atoms with Gasteiger partial charge in [0.15, 0.2) is 5.78 Å². The van der Waals surface area contributed by atoms with E-state index in [1.807, 2.05) is 6.92 Å². The highest BCUT2D eigenvalue weighted by atomic mass is 16.5. The Morgan fingerprint density at radius 2 is 2.33 bits per heavy atom. The first-order chi connectivity index (χ1) is 8.72. The van der Waals surface area contributed by atoms with Gasteiger partial charge in [0.05, 0.1) is 12.8 Å². The lowest BCUT2D eigenvalue weighted by molar-refractivity contribution is 0.0912. The summed E-state index contributed by atoms with van der Waals surface area (Å²) in [6, 6.07) is 1.77. The minimum atomic E-state index is -0.0479. The summed E-state index contributed by atoms with van der Waals surface area (Å²) in [5.74, 6) is 0.719. The lowest BCUT2D eigenvalue weighted by Crippen LogP contribution is -2.30. The first-order valence-electron chi connectivity index (χ1n) is 6.60. The number of hydrogen-bond donors (Lipinski definition) is 1. The first kappa shape index (κ1) is 13.0. The molecule has 0 radical (unpaired) electrons. The number of carbonyl (C=O) groups excluding carboxylic acids is 1.